The lowest BCUT2D eigenvalue weighted by atomic mass is 10.2. The Morgan fingerprint density at radius 3 is 2.65 bits per heavy atom. The lowest BCUT2D eigenvalue weighted by Gasteiger charge is -2.10. The van der Waals surface area contributed by atoms with Gasteiger partial charge in [0.05, 0.1) is 13.7 Å². The van der Waals surface area contributed by atoms with Gasteiger partial charge in [0.2, 0.25) is 0 Å². The highest BCUT2D eigenvalue weighted by Crippen LogP contribution is 2.30. The van der Waals surface area contributed by atoms with Crippen LogP contribution in [0.15, 0.2) is 42.6 Å². The van der Waals surface area contributed by atoms with Gasteiger partial charge in [0.25, 0.3) is 5.88 Å². The fourth-order valence-electron chi connectivity index (χ4n) is 1.45. The number of benzene rings is 1. The molecule has 88 valence electrons. The lowest BCUT2D eigenvalue weighted by Crippen LogP contribution is -1.95. The highest BCUT2D eigenvalue weighted by molar-refractivity contribution is 5.40. The summed E-state index contributed by atoms with van der Waals surface area (Å²) < 4.78 is 10.8. The number of aliphatic hydroxyl groups is 1. The molecule has 0 atom stereocenters. The van der Waals surface area contributed by atoms with Gasteiger partial charge in [0.15, 0.2) is 5.75 Å². The van der Waals surface area contributed by atoms with Crippen molar-refractivity contribution < 1.29 is 14.6 Å². The van der Waals surface area contributed by atoms with Crippen LogP contribution in [0.5, 0.6) is 17.4 Å². The van der Waals surface area contributed by atoms with E-state index in [1.165, 1.54) is 0 Å². The van der Waals surface area contributed by atoms with Crippen LogP contribution in [0.3, 0.4) is 0 Å². The second kappa shape index (κ2) is 5.32. The van der Waals surface area contributed by atoms with Crippen molar-refractivity contribution in [1.82, 2.24) is 4.98 Å². The maximum Gasteiger partial charge on any atom is 0.262 e. The minimum absolute atomic E-state index is 0.0781. The van der Waals surface area contributed by atoms with E-state index in [0.29, 0.717) is 22.9 Å². The number of pyridine rings is 1. The second-order valence-electron chi connectivity index (χ2n) is 3.38. The van der Waals surface area contributed by atoms with Crippen molar-refractivity contribution in [3.8, 4) is 17.4 Å². The van der Waals surface area contributed by atoms with Crippen molar-refractivity contribution in [2.45, 2.75) is 6.61 Å². The molecule has 17 heavy (non-hydrogen) atoms. The minimum atomic E-state index is -0.0781. The maximum absolute atomic E-state index is 9.19. The molecule has 4 heteroatoms. The Balaban J connectivity index is 2.31. The number of nitrogens with zero attached hydrogens (tertiary/aromatic N) is 1. The van der Waals surface area contributed by atoms with Gasteiger partial charge >= 0.3 is 0 Å². The molecule has 0 radical (unpaired) electrons. The van der Waals surface area contributed by atoms with Crippen molar-refractivity contribution in [2.24, 2.45) is 0 Å². The van der Waals surface area contributed by atoms with Crippen molar-refractivity contribution in [3.05, 3.63) is 48.2 Å². The summed E-state index contributed by atoms with van der Waals surface area (Å²) in [6.45, 7) is -0.0781. The highest BCUT2D eigenvalue weighted by Gasteiger charge is 2.08. The number of rotatable bonds is 4. The summed E-state index contributed by atoms with van der Waals surface area (Å²) in [6, 6.07) is 10.8. The Hall–Kier alpha value is -2.07. The maximum atomic E-state index is 9.19. The predicted molar refractivity (Wildman–Crippen MR) is 63.2 cm³/mol. The SMILES string of the molecule is COc1cccnc1Oc1ccccc1CO. The number of methoxy groups -OCH3 is 1. The smallest absolute Gasteiger partial charge is 0.262 e. The Labute approximate surface area is 99.5 Å². The quantitative estimate of drug-likeness (QED) is 0.877. The monoisotopic (exact) mass is 231 g/mol. The van der Waals surface area contributed by atoms with Gasteiger partial charge in [-0.05, 0) is 18.2 Å². The van der Waals surface area contributed by atoms with E-state index in [1.54, 1.807) is 37.6 Å². The molecular weight excluding hydrogens is 218 g/mol. The third kappa shape index (κ3) is 2.54. The third-order valence-corrected chi connectivity index (χ3v) is 2.31. The molecule has 1 aromatic carbocycles. The number of hydrogen-bond donors (Lipinski definition) is 1. The fraction of sp³-hybridized carbons (Fsp3) is 0.154. The van der Waals surface area contributed by atoms with Crippen molar-refractivity contribution >= 4 is 0 Å². The van der Waals surface area contributed by atoms with Gasteiger partial charge in [-0.2, -0.15) is 0 Å². The van der Waals surface area contributed by atoms with E-state index in [4.69, 9.17) is 9.47 Å². The Morgan fingerprint density at radius 1 is 1.12 bits per heavy atom. The summed E-state index contributed by atoms with van der Waals surface area (Å²) in [5.41, 5.74) is 0.709. The van der Waals surface area contributed by atoms with Gasteiger partial charge < -0.3 is 14.6 Å². The first kappa shape index (κ1) is 11.4. The number of hydrogen-bond acceptors (Lipinski definition) is 4. The molecule has 4 nitrogen and oxygen atoms in total. The van der Waals surface area contributed by atoms with E-state index in [9.17, 15) is 5.11 Å². The van der Waals surface area contributed by atoms with Crippen LogP contribution < -0.4 is 9.47 Å². The van der Waals surface area contributed by atoms with Crippen molar-refractivity contribution in [2.75, 3.05) is 7.11 Å². The van der Waals surface area contributed by atoms with Gasteiger partial charge in [-0.15, -0.1) is 0 Å². The summed E-state index contributed by atoms with van der Waals surface area (Å²) in [7, 11) is 1.56. The van der Waals surface area contributed by atoms with Crippen molar-refractivity contribution in [1.29, 1.82) is 0 Å². The van der Waals surface area contributed by atoms with E-state index in [2.05, 4.69) is 4.98 Å². The number of ether oxygens (including phenoxy) is 2. The van der Waals surface area contributed by atoms with E-state index < -0.39 is 0 Å². The van der Waals surface area contributed by atoms with Crippen LogP contribution in [0.2, 0.25) is 0 Å². The predicted octanol–water partition coefficient (Wildman–Crippen LogP) is 2.37. The largest absolute Gasteiger partial charge is 0.491 e. The molecule has 0 fully saturated rings. The molecule has 0 saturated heterocycles. The van der Waals surface area contributed by atoms with E-state index in [0.717, 1.165) is 0 Å². The topological polar surface area (TPSA) is 51.6 Å². The number of aliphatic hydroxyl groups excluding tert-OH is 1. The minimum Gasteiger partial charge on any atom is -0.491 e. The molecule has 0 aliphatic rings. The zero-order valence-electron chi connectivity index (χ0n) is 9.46. The fourth-order valence-corrected chi connectivity index (χ4v) is 1.45. The molecule has 2 rings (SSSR count). The molecule has 0 aliphatic heterocycles. The van der Waals surface area contributed by atoms with Crippen LogP contribution in [0, 0.1) is 0 Å². The van der Waals surface area contributed by atoms with Gasteiger partial charge in [-0.1, -0.05) is 18.2 Å². The molecule has 1 aromatic heterocycles. The zero-order valence-corrected chi connectivity index (χ0v) is 9.46. The first-order valence-corrected chi connectivity index (χ1v) is 5.20. The van der Waals surface area contributed by atoms with Gasteiger partial charge in [0.1, 0.15) is 5.75 Å². The summed E-state index contributed by atoms with van der Waals surface area (Å²) >= 11 is 0. The average Bonchev–Trinajstić information content (AvgIpc) is 2.40. The van der Waals surface area contributed by atoms with E-state index in [1.807, 2.05) is 12.1 Å². The van der Waals surface area contributed by atoms with Gasteiger partial charge in [-0.3, -0.25) is 0 Å². The summed E-state index contributed by atoms with van der Waals surface area (Å²) in [5.74, 6) is 1.52. The standard InChI is InChI=1S/C13H13NO3/c1-16-12-7-4-8-14-13(12)17-11-6-3-2-5-10(11)9-15/h2-8,15H,9H2,1H3. The zero-order chi connectivity index (χ0) is 12.1. The molecule has 0 saturated carbocycles. The van der Waals surface area contributed by atoms with Gasteiger partial charge in [-0.25, -0.2) is 4.98 Å². The molecular formula is C13H13NO3. The van der Waals surface area contributed by atoms with Crippen LogP contribution in [-0.4, -0.2) is 17.2 Å². The van der Waals surface area contributed by atoms with E-state index >= 15 is 0 Å². The molecule has 0 bridgehead atoms. The Kier molecular flexibility index (Phi) is 3.57. The Bertz CT molecular complexity index is 454. The lowest BCUT2D eigenvalue weighted by molar-refractivity contribution is 0.275. The van der Waals surface area contributed by atoms with Crippen LogP contribution >= 0.6 is 0 Å². The molecule has 2 aromatic rings. The highest BCUT2D eigenvalue weighted by atomic mass is 16.5. The molecule has 1 N–H and O–H groups in total. The third-order valence-electron chi connectivity index (χ3n) is 2.31. The van der Waals surface area contributed by atoms with Crippen LogP contribution in [0.1, 0.15) is 5.56 Å². The molecule has 0 spiro atoms. The summed E-state index contributed by atoms with van der Waals surface area (Å²) in [4.78, 5) is 4.09. The van der Waals surface area contributed by atoms with Gasteiger partial charge in [0, 0.05) is 11.8 Å². The molecule has 0 amide bonds. The second-order valence-corrected chi connectivity index (χ2v) is 3.38. The first-order valence-electron chi connectivity index (χ1n) is 5.20. The summed E-state index contributed by atoms with van der Waals surface area (Å²) in [6.07, 6.45) is 1.62. The Morgan fingerprint density at radius 2 is 1.88 bits per heavy atom. The average molecular weight is 231 g/mol. The van der Waals surface area contributed by atoms with E-state index in [-0.39, 0.29) is 6.61 Å². The van der Waals surface area contributed by atoms with Crippen LogP contribution in [0.25, 0.3) is 0 Å². The normalized spacial score (nSPS) is 10.0. The molecule has 0 unspecified atom stereocenters. The molecule has 1 heterocycles. The van der Waals surface area contributed by atoms with Crippen LogP contribution in [-0.2, 0) is 6.61 Å². The number of para-hydroxylation sites is 1. The first-order chi connectivity index (χ1) is 8.35. The van der Waals surface area contributed by atoms with Crippen LogP contribution in [0.4, 0.5) is 0 Å². The number of aromatic nitrogens is 1. The van der Waals surface area contributed by atoms with Crippen molar-refractivity contribution in [3.63, 3.8) is 0 Å². The summed E-state index contributed by atoms with van der Waals surface area (Å²) in [5, 5.41) is 9.19. The molecule has 0 aliphatic carbocycles.